The Hall–Kier alpha value is -0.0800. The first-order valence-electron chi connectivity index (χ1n) is 3.51. The second-order valence-electron chi connectivity index (χ2n) is 2.54. The average Bonchev–Trinajstić information content (AvgIpc) is 1.88. The molecular weight excluding hydrogens is 116 g/mol. The van der Waals surface area contributed by atoms with Crippen LogP contribution in [0.15, 0.2) is 0 Å². The minimum atomic E-state index is 0.0637. The average molecular weight is 130 g/mol. The largest absolute Gasteiger partial charge is 0.356 e. The molecule has 0 aliphatic carbocycles. The van der Waals surface area contributed by atoms with Gasteiger partial charge in [0.05, 0.1) is 6.10 Å². The van der Waals surface area contributed by atoms with Gasteiger partial charge < -0.3 is 9.47 Å². The fourth-order valence-corrected chi connectivity index (χ4v) is 1.14. The Bertz CT molecular complexity index is 83.0. The summed E-state index contributed by atoms with van der Waals surface area (Å²) in [5, 5.41) is 0. The minimum absolute atomic E-state index is 0.0637. The Morgan fingerprint density at radius 1 is 1.44 bits per heavy atom. The SMILES string of the molecule is CO[C@H]1CCCC(C)O1. The van der Waals surface area contributed by atoms with Crippen LogP contribution in [0.4, 0.5) is 0 Å². The summed E-state index contributed by atoms with van der Waals surface area (Å²) in [7, 11) is 1.70. The molecule has 0 spiro atoms. The van der Waals surface area contributed by atoms with Crippen LogP contribution in [-0.2, 0) is 9.47 Å². The predicted molar refractivity (Wildman–Crippen MR) is 35.2 cm³/mol. The van der Waals surface area contributed by atoms with E-state index < -0.39 is 0 Å². The molecule has 1 unspecified atom stereocenters. The fraction of sp³-hybridized carbons (Fsp3) is 1.00. The summed E-state index contributed by atoms with van der Waals surface area (Å²) >= 11 is 0. The lowest BCUT2D eigenvalue weighted by molar-refractivity contribution is -0.174. The highest BCUT2D eigenvalue weighted by Gasteiger charge is 2.17. The van der Waals surface area contributed by atoms with Crippen molar-refractivity contribution < 1.29 is 9.47 Å². The Morgan fingerprint density at radius 3 is 2.67 bits per heavy atom. The maximum atomic E-state index is 5.41. The predicted octanol–water partition coefficient (Wildman–Crippen LogP) is 1.55. The molecule has 2 atom stereocenters. The van der Waals surface area contributed by atoms with Gasteiger partial charge >= 0.3 is 0 Å². The van der Waals surface area contributed by atoms with Crippen molar-refractivity contribution in [3.8, 4) is 0 Å². The molecule has 1 fully saturated rings. The molecule has 1 aliphatic heterocycles. The van der Waals surface area contributed by atoms with Crippen LogP contribution < -0.4 is 0 Å². The fourth-order valence-electron chi connectivity index (χ4n) is 1.14. The third-order valence-electron chi connectivity index (χ3n) is 1.70. The van der Waals surface area contributed by atoms with Crippen molar-refractivity contribution >= 4 is 0 Å². The zero-order valence-electron chi connectivity index (χ0n) is 6.09. The van der Waals surface area contributed by atoms with E-state index in [9.17, 15) is 0 Å². The van der Waals surface area contributed by atoms with Crippen molar-refractivity contribution in [1.82, 2.24) is 0 Å². The van der Waals surface area contributed by atoms with Gasteiger partial charge in [0.2, 0.25) is 0 Å². The first-order chi connectivity index (χ1) is 4.33. The second kappa shape index (κ2) is 3.18. The molecule has 0 aromatic carbocycles. The van der Waals surface area contributed by atoms with Gasteiger partial charge in [0.15, 0.2) is 6.29 Å². The molecule has 0 radical (unpaired) electrons. The van der Waals surface area contributed by atoms with Crippen LogP contribution in [0.5, 0.6) is 0 Å². The summed E-state index contributed by atoms with van der Waals surface area (Å²) in [5.41, 5.74) is 0. The summed E-state index contributed by atoms with van der Waals surface area (Å²) in [5.74, 6) is 0. The quantitative estimate of drug-likeness (QED) is 0.536. The van der Waals surface area contributed by atoms with Gasteiger partial charge in [-0.1, -0.05) is 0 Å². The summed E-state index contributed by atoms with van der Waals surface area (Å²) in [6, 6.07) is 0. The Labute approximate surface area is 56.2 Å². The number of methoxy groups -OCH3 is 1. The van der Waals surface area contributed by atoms with Crippen LogP contribution in [0.1, 0.15) is 26.2 Å². The lowest BCUT2D eigenvalue weighted by Gasteiger charge is -2.26. The van der Waals surface area contributed by atoms with Crippen molar-refractivity contribution in [3.05, 3.63) is 0 Å². The molecule has 54 valence electrons. The van der Waals surface area contributed by atoms with Gasteiger partial charge in [0, 0.05) is 7.11 Å². The highest BCUT2D eigenvalue weighted by molar-refractivity contribution is 4.60. The maximum Gasteiger partial charge on any atom is 0.157 e. The Balaban J connectivity index is 2.23. The molecule has 0 N–H and O–H groups in total. The molecule has 1 aliphatic rings. The first-order valence-corrected chi connectivity index (χ1v) is 3.51. The van der Waals surface area contributed by atoms with Gasteiger partial charge in [-0.15, -0.1) is 0 Å². The van der Waals surface area contributed by atoms with E-state index in [0.29, 0.717) is 6.10 Å². The molecule has 0 amide bonds. The Morgan fingerprint density at radius 2 is 2.22 bits per heavy atom. The van der Waals surface area contributed by atoms with Crippen molar-refractivity contribution in [2.24, 2.45) is 0 Å². The molecule has 0 bridgehead atoms. The number of hydrogen-bond donors (Lipinski definition) is 0. The normalized spacial score (nSPS) is 36.7. The molecular formula is C7H14O2. The van der Waals surface area contributed by atoms with Gasteiger partial charge in [-0.05, 0) is 26.2 Å². The van der Waals surface area contributed by atoms with Crippen molar-refractivity contribution in [2.45, 2.75) is 38.6 Å². The van der Waals surface area contributed by atoms with Crippen LogP contribution in [0.2, 0.25) is 0 Å². The second-order valence-corrected chi connectivity index (χ2v) is 2.54. The third kappa shape index (κ3) is 1.95. The zero-order valence-corrected chi connectivity index (χ0v) is 6.09. The van der Waals surface area contributed by atoms with Gasteiger partial charge in [-0.3, -0.25) is 0 Å². The summed E-state index contributed by atoms with van der Waals surface area (Å²) in [6.07, 6.45) is 3.93. The van der Waals surface area contributed by atoms with Crippen molar-refractivity contribution in [2.75, 3.05) is 7.11 Å². The minimum Gasteiger partial charge on any atom is -0.356 e. The molecule has 2 heteroatoms. The van der Waals surface area contributed by atoms with Crippen LogP contribution in [0, 0.1) is 0 Å². The number of hydrogen-bond acceptors (Lipinski definition) is 2. The molecule has 0 aromatic heterocycles. The first kappa shape index (κ1) is 7.03. The molecule has 9 heavy (non-hydrogen) atoms. The van der Waals surface area contributed by atoms with E-state index in [1.165, 1.54) is 12.8 Å². The molecule has 1 saturated heterocycles. The lowest BCUT2D eigenvalue weighted by atomic mass is 10.1. The number of ether oxygens (including phenoxy) is 2. The van der Waals surface area contributed by atoms with Crippen LogP contribution in [-0.4, -0.2) is 19.5 Å². The smallest absolute Gasteiger partial charge is 0.157 e. The van der Waals surface area contributed by atoms with Gasteiger partial charge in [-0.2, -0.15) is 0 Å². The molecule has 1 heterocycles. The van der Waals surface area contributed by atoms with E-state index in [4.69, 9.17) is 9.47 Å². The Kier molecular flexibility index (Phi) is 2.49. The summed E-state index contributed by atoms with van der Waals surface area (Å²) in [4.78, 5) is 0. The highest BCUT2D eigenvalue weighted by atomic mass is 16.7. The van der Waals surface area contributed by atoms with E-state index in [1.54, 1.807) is 7.11 Å². The van der Waals surface area contributed by atoms with Crippen LogP contribution >= 0.6 is 0 Å². The monoisotopic (exact) mass is 130 g/mol. The molecule has 2 nitrogen and oxygen atoms in total. The maximum absolute atomic E-state index is 5.41. The van der Waals surface area contributed by atoms with E-state index in [1.807, 2.05) is 0 Å². The van der Waals surface area contributed by atoms with Crippen LogP contribution in [0.3, 0.4) is 0 Å². The molecule has 0 aromatic rings. The van der Waals surface area contributed by atoms with E-state index >= 15 is 0 Å². The molecule has 1 rings (SSSR count). The van der Waals surface area contributed by atoms with Crippen molar-refractivity contribution in [1.29, 1.82) is 0 Å². The third-order valence-corrected chi connectivity index (χ3v) is 1.70. The van der Waals surface area contributed by atoms with E-state index in [-0.39, 0.29) is 6.29 Å². The van der Waals surface area contributed by atoms with Crippen molar-refractivity contribution in [3.63, 3.8) is 0 Å². The highest BCUT2D eigenvalue weighted by Crippen LogP contribution is 2.18. The lowest BCUT2D eigenvalue weighted by Crippen LogP contribution is -2.26. The van der Waals surface area contributed by atoms with E-state index in [2.05, 4.69) is 6.92 Å². The van der Waals surface area contributed by atoms with Crippen LogP contribution in [0.25, 0.3) is 0 Å². The summed E-state index contributed by atoms with van der Waals surface area (Å²) in [6.45, 7) is 2.09. The zero-order chi connectivity index (χ0) is 6.69. The van der Waals surface area contributed by atoms with E-state index in [0.717, 1.165) is 6.42 Å². The molecule has 0 saturated carbocycles. The topological polar surface area (TPSA) is 18.5 Å². The summed E-state index contributed by atoms with van der Waals surface area (Å²) < 4.78 is 10.5. The number of rotatable bonds is 1. The standard InChI is InChI=1S/C7H14O2/c1-6-4-3-5-7(8-2)9-6/h6-7H,3-5H2,1-2H3/t6?,7-/m1/s1. The van der Waals surface area contributed by atoms with Gasteiger partial charge in [-0.25, -0.2) is 0 Å². The van der Waals surface area contributed by atoms with Gasteiger partial charge in [0.25, 0.3) is 0 Å². The van der Waals surface area contributed by atoms with Gasteiger partial charge in [0.1, 0.15) is 0 Å².